The lowest BCUT2D eigenvalue weighted by Crippen LogP contribution is -2.40. The Morgan fingerprint density at radius 3 is 2.56 bits per heavy atom. The fourth-order valence-electron chi connectivity index (χ4n) is 3.46. The summed E-state index contributed by atoms with van der Waals surface area (Å²) in [6.07, 6.45) is 1.35. The molecule has 27 heavy (non-hydrogen) atoms. The number of hydrogen-bond donors (Lipinski definition) is 1. The number of benzene rings is 2. The number of para-hydroxylation sites is 2. The molecule has 1 N–H and O–H groups in total. The van der Waals surface area contributed by atoms with Crippen LogP contribution in [0.3, 0.4) is 0 Å². The highest BCUT2D eigenvalue weighted by Crippen LogP contribution is 2.31. The van der Waals surface area contributed by atoms with Gasteiger partial charge in [0.2, 0.25) is 6.10 Å². The highest BCUT2D eigenvalue weighted by atomic mass is 16.6. The first-order chi connectivity index (χ1) is 13.1. The van der Waals surface area contributed by atoms with Gasteiger partial charge in [0.1, 0.15) is 6.61 Å². The van der Waals surface area contributed by atoms with Gasteiger partial charge in [-0.2, -0.15) is 0 Å². The van der Waals surface area contributed by atoms with Crippen LogP contribution in [0.2, 0.25) is 0 Å². The van der Waals surface area contributed by atoms with Gasteiger partial charge in [-0.25, -0.2) is 0 Å². The Bertz CT molecular complexity index is 874. The summed E-state index contributed by atoms with van der Waals surface area (Å²) in [5.74, 6) is 0.917. The predicted octanol–water partition coefficient (Wildman–Crippen LogP) is 3.01. The molecule has 2 aliphatic heterocycles. The van der Waals surface area contributed by atoms with Gasteiger partial charge in [0.05, 0.1) is 0 Å². The maximum atomic E-state index is 12.7. The molecule has 0 aliphatic carbocycles. The van der Waals surface area contributed by atoms with Gasteiger partial charge in [-0.15, -0.1) is 0 Å². The number of ether oxygens (including phenoxy) is 2. The van der Waals surface area contributed by atoms with E-state index in [1.165, 1.54) is 0 Å². The summed E-state index contributed by atoms with van der Waals surface area (Å²) in [6, 6.07) is 12.7. The molecule has 1 saturated heterocycles. The highest BCUT2D eigenvalue weighted by molar-refractivity contribution is 6.00. The van der Waals surface area contributed by atoms with Gasteiger partial charge in [-0.05, 0) is 49.6 Å². The van der Waals surface area contributed by atoms with Crippen molar-refractivity contribution >= 4 is 17.5 Å². The first-order valence-electron chi connectivity index (χ1n) is 9.22. The molecule has 2 aromatic carbocycles. The lowest BCUT2D eigenvalue weighted by molar-refractivity contribution is -0.125. The number of likely N-dealkylation sites (tertiary alicyclic amines) is 1. The predicted molar refractivity (Wildman–Crippen MR) is 101 cm³/mol. The van der Waals surface area contributed by atoms with Gasteiger partial charge in [-0.3, -0.25) is 9.59 Å². The summed E-state index contributed by atoms with van der Waals surface area (Å²) < 4.78 is 11.4. The van der Waals surface area contributed by atoms with Crippen molar-refractivity contribution in [1.29, 1.82) is 0 Å². The van der Waals surface area contributed by atoms with E-state index in [0.717, 1.165) is 31.5 Å². The molecule has 0 aromatic heterocycles. The van der Waals surface area contributed by atoms with Crippen molar-refractivity contribution < 1.29 is 19.1 Å². The van der Waals surface area contributed by atoms with E-state index in [1.54, 1.807) is 24.3 Å². The van der Waals surface area contributed by atoms with Gasteiger partial charge in [-0.1, -0.05) is 18.2 Å². The second-order valence-electron chi connectivity index (χ2n) is 6.83. The molecule has 1 unspecified atom stereocenters. The van der Waals surface area contributed by atoms with Gasteiger partial charge in [0.25, 0.3) is 11.8 Å². The molecule has 0 spiro atoms. The maximum Gasteiger partial charge on any atom is 0.269 e. The minimum Gasteiger partial charge on any atom is -0.485 e. The second-order valence-corrected chi connectivity index (χ2v) is 6.83. The third kappa shape index (κ3) is 3.47. The minimum absolute atomic E-state index is 0.0206. The Kier molecular flexibility index (Phi) is 4.71. The van der Waals surface area contributed by atoms with Crippen LogP contribution in [0.1, 0.15) is 28.8 Å². The summed E-state index contributed by atoms with van der Waals surface area (Å²) in [5.41, 5.74) is 2.01. The number of hydrogen-bond acceptors (Lipinski definition) is 4. The second kappa shape index (κ2) is 7.31. The van der Waals surface area contributed by atoms with Crippen molar-refractivity contribution in [2.24, 2.45) is 0 Å². The molecule has 6 heteroatoms. The van der Waals surface area contributed by atoms with E-state index in [-0.39, 0.29) is 18.4 Å². The molecule has 0 radical (unpaired) electrons. The minimum atomic E-state index is -0.739. The number of carbonyl (C=O) groups excluding carboxylic acids is 2. The molecule has 140 valence electrons. The van der Waals surface area contributed by atoms with Crippen molar-refractivity contribution in [3.8, 4) is 11.5 Å². The zero-order chi connectivity index (χ0) is 18.8. The van der Waals surface area contributed by atoms with Crippen LogP contribution in [0, 0.1) is 6.92 Å². The Balaban J connectivity index is 1.49. The normalized spacial score (nSPS) is 18.3. The van der Waals surface area contributed by atoms with Crippen LogP contribution in [0.5, 0.6) is 11.5 Å². The van der Waals surface area contributed by atoms with Crippen molar-refractivity contribution in [3.63, 3.8) is 0 Å². The summed E-state index contributed by atoms with van der Waals surface area (Å²) >= 11 is 0. The quantitative estimate of drug-likeness (QED) is 0.907. The molecular weight excluding hydrogens is 344 g/mol. The van der Waals surface area contributed by atoms with Crippen LogP contribution < -0.4 is 14.8 Å². The average molecular weight is 366 g/mol. The van der Waals surface area contributed by atoms with Crippen LogP contribution >= 0.6 is 0 Å². The third-order valence-corrected chi connectivity index (χ3v) is 5.02. The van der Waals surface area contributed by atoms with Crippen molar-refractivity contribution in [2.45, 2.75) is 25.9 Å². The lowest BCUT2D eigenvalue weighted by Gasteiger charge is -2.26. The third-order valence-electron chi connectivity index (χ3n) is 5.02. The van der Waals surface area contributed by atoms with Crippen LogP contribution in [0.25, 0.3) is 0 Å². The van der Waals surface area contributed by atoms with Gasteiger partial charge >= 0.3 is 0 Å². The number of fused-ring (bicyclic) bond motifs is 1. The summed E-state index contributed by atoms with van der Waals surface area (Å²) in [7, 11) is 0. The van der Waals surface area contributed by atoms with Crippen molar-refractivity contribution in [2.75, 3.05) is 25.0 Å². The number of anilines is 1. The van der Waals surface area contributed by atoms with Crippen LogP contribution in [0.15, 0.2) is 42.5 Å². The zero-order valence-electron chi connectivity index (χ0n) is 15.2. The molecule has 2 amide bonds. The molecule has 0 saturated carbocycles. The van der Waals surface area contributed by atoms with Crippen LogP contribution in [-0.2, 0) is 4.79 Å². The first-order valence-corrected chi connectivity index (χ1v) is 9.22. The molecular formula is C21H22N2O4. The topological polar surface area (TPSA) is 67.9 Å². The molecule has 6 nitrogen and oxygen atoms in total. The lowest BCUT2D eigenvalue weighted by atomic mass is 10.1. The van der Waals surface area contributed by atoms with E-state index in [9.17, 15) is 9.59 Å². The summed E-state index contributed by atoms with van der Waals surface area (Å²) in [6.45, 7) is 3.59. The van der Waals surface area contributed by atoms with Gasteiger partial charge in [0.15, 0.2) is 11.5 Å². The largest absolute Gasteiger partial charge is 0.485 e. The Hall–Kier alpha value is -3.02. The van der Waals surface area contributed by atoms with E-state index < -0.39 is 6.10 Å². The van der Waals surface area contributed by atoms with Crippen molar-refractivity contribution in [1.82, 2.24) is 4.90 Å². The first kappa shape index (κ1) is 17.4. The fraction of sp³-hybridized carbons (Fsp3) is 0.333. The van der Waals surface area contributed by atoms with E-state index >= 15 is 0 Å². The van der Waals surface area contributed by atoms with Gasteiger partial charge in [0, 0.05) is 24.3 Å². The standard InChI is InChI=1S/C21H22N2O4/c1-14-15(21(25)23-11-4-5-12-23)7-6-8-16(14)22-20(24)19-13-26-17-9-2-3-10-18(17)27-19/h2-3,6-10,19H,4-5,11-13H2,1H3,(H,22,24). The van der Waals surface area contributed by atoms with Crippen molar-refractivity contribution in [3.05, 3.63) is 53.6 Å². The highest BCUT2D eigenvalue weighted by Gasteiger charge is 2.28. The van der Waals surface area contributed by atoms with E-state index in [0.29, 0.717) is 22.7 Å². The number of nitrogens with zero attached hydrogens (tertiary/aromatic N) is 1. The molecule has 2 heterocycles. The fourth-order valence-corrected chi connectivity index (χ4v) is 3.46. The summed E-state index contributed by atoms with van der Waals surface area (Å²) in [5, 5.41) is 2.88. The molecule has 4 rings (SSSR count). The number of amides is 2. The van der Waals surface area contributed by atoms with Gasteiger partial charge < -0.3 is 19.7 Å². The monoisotopic (exact) mass is 366 g/mol. The van der Waals surface area contributed by atoms with E-state index in [1.807, 2.05) is 30.0 Å². The Labute approximate surface area is 158 Å². The summed E-state index contributed by atoms with van der Waals surface area (Å²) in [4.78, 5) is 27.2. The van der Waals surface area contributed by atoms with Crippen LogP contribution in [-0.4, -0.2) is 42.5 Å². The molecule has 2 aliphatic rings. The van der Waals surface area contributed by atoms with Crippen LogP contribution in [0.4, 0.5) is 5.69 Å². The van der Waals surface area contributed by atoms with E-state index in [4.69, 9.17) is 9.47 Å². The number of nitrogens with one attached hydrogen (secondary N) is 1. The SMILES string of the molecule is Cc1c(NC(=O)C2COc3ccccc3O2)cccc1C(=O)N1CCCC1. The maximum absolute atomic E-state index is 12.7. The zero-order valence-corrected chi connectivity index (χ0v) is 15.2. The molecule has 1 fully saturated rings. The molecule has 0 bridgehead atoms. The average Bonchev–Trinajstić information content (AvgIpc) is 3.23. The molecule has 2 aromatic rings. The molecule has 1 atom stereocenters. The Morgan fingerprint density at radius 2 is 1.78 bits per heavy atom. The smallest absolute Gasteiger partial charge is 0.269 e. The number of rotatable bonds is 3. The Morgan fingerprint density at radius 1 is 1.04 bits per heavy atom. The van der Waals surface area contributed by atoms with E-state index in [2.05, 4.69) is 5.32 Å². The number of carbonyl (C=O) groups is 2.